The predicted octanol–water partition coefficient (Wildman–Crippen LogP) is 7.64. The predicted molar refractivity (Wildman–Crippen MR) is 162 cm³/mol. The summed E-state index contributed by atoms with van der Waals surface area (Å²) in [5.41, 5.74) is 4.95. The summed E-state index contributed by atoms with van der Waals surface area (Å²) in [6.45, 7) is 14.2. The van der Waals surface area contributed by atoms with Gasteiger partial charge < -0.3 is 5.32 Å². The largest absolute Gasteiger partial charge is 0.348 e. The van der Waals surface area contributed by atoms with Crippen LogP contribution in [-0.4, -0.2) is 20.4 Å². The van der Waals surface area contributed by atoms with Crippen LogP contribution in [0.1, 0.15) is 120 Å². The van der Waals surface area contributed by atoms with Crippen molar-refractivity contribution in [3.63, 3.8) is 0 Å². The lowest BCUT2D eigenvalue weighted by Gasteiger charge is -2.29. The van der Waals surface area contributed by atoms with Gasteiger partial charge in [-0.2, -0.15) is 0 Å². The molecule has 1 aliphatic rings. The Morgan fingerprint density at radius 1 is 0.846 bits per heavy atom. The molecule has 6 heteroatoms. The first-order chi connectivity index (χ1) is 18.4. The third-order valence-electron chi connectivity index (χ3n) is 7.43. The maximum Gasteiger partial charge on any atom is 0.241 e. The molecule has 0 aliphatic heterocycles. The highest BCUT2D eigenvalue weighted by Gasteiger charge is 2.31. The van der Waals surface area contributed by atoms with Crippen LogP contribution in [0.4, 0.5) is 0 Å². The fourth-order valence-corrected chi connectivity index (χ4v) is 7.06. The number of rotatable bonds is 12. The molecular weight excluding hydrogens is 504 g/mol. The molecule has 0 saturated carbocycles. The van der Waals surface area contributed by atoms with Gasteiger partial charge in [-0.15, -0.1) is 0 Å². The number of allylic oxidation sites excluding steroid dienone is 4. The third-order valence-corrected chi connectivity index (χ3v) is 9.12. The molecule has 2 N–H and O–H groups in total. The molecule has 0 radical (unpaired) electrons. The van der Waals surface area contributed by atoms with E-state index in [-0.39, 0.29) is 17.7 Å². The average Bonchev–Trinajstić information content (AvgIpc) is 2.90. The second-order valence-electron chi connectivity index (χ2n) is 11.6. The lowest BCUT2D eigenvalue weighted by molar-refractivity contribution is -0.122. The molecule has 0 fully saturated rings. The number of carbonyl (C=O) groups excluding carboxylic acids is 1. The molecule has 0 bridgehead atoms. The van der Waals surface area contributed by atoms with Gasteiger partial charge in [-0.25, -0.2) is 13.1 Å². The second-order valence-corrected chi connectivity index (χ2v) is 13.3. The first-order valence-electron chi connectivity index (χ1n) is 14.3. The van der Waals surface area contributed by atoms with Crippen LogP contribution in [0.25, 0.3) is 0 Å². The lowest BCUT2D eigenvalue weighted by atomic mass is 9.89. The fourth-order valence-electron chi connectivity index (χ4n) is 5.10. The van der Waals surface area contributed by atoms with Crippen molar-refractivity contribution < 1.29 is 13.2 Å². The van der Waals surface area contributed by atoms with Gasteiger partial charge in [-0.05, 0) is 66.2 Å². The van der Waals surface area contributed by atoms with E-state index in [0.29, 0.717) is 23.7 Å². The number of sulfonamides is 1. The zero-order chi connectivity index (χ0) is 28.7. The Morgan fingerprint density at radius 3 is 1.97 bits per heavy atom. The van der Waals surface area contributed by atoms with Gasteiger partial charge >= 0.3 is 0 Å². The number of nitrogens with one attached hydrogen (secondary N) is 2. The maximum absolute atomic E-state index is 14.1. The van der Waals surface area contributed by atoms with E-state index in [2.05, 4.69) is 42.1 Å². The third kappa shape index (κ3) is 8.15. The molecule has 0 spiro atoms. The van der Waals surface area contributed by atoms with Gasteiger partial charge in [-0.1, -0.05) is 108 Å². The summed E-state index contributed by atoms with van der Waals surface area (Å²) < 4.78 is 31.1. The zero-order valence-electron chi connectivity index (χ0n) is 24.6. The second kappa shape index (κ2) is 13.6. The molecule has 5 nitrogen and oxygen atoms in total. The van der Waals surface area contributed by atoms with Crippen LogP contribution in [-0.2, 0) is 14.8 Å². The van der Waals surface area contributed by atoms with E-state index in [1.54, 1.807) is 0 Å². The molecule has 0 saturated heterocycles. The quantitative estimate of drug-likeness (QED) is 0.267. The van der Waals surface area contributed by atoms with Crippen molar-refractivity contribution in [1.82, 2.24) is 10.0 Å². The molecule has 212 valence electrons. The first-order valence-corrected chi connectivity index (χ1v) is 15.8. The Bertz CT molecular complexity index is 1260. The van der Waals surface area contributed by atoms with Crippen molar-refractivity contribution in [1.29, 1.82) is 0 Å². The summed E-state index contributed by atoms with van der Waals surface area (Å²) in [7, 11) is -3.89. The molecule has 2 atom stereocenters. The van der Waals surface area contributed by atoms with Crippen LogP contribution in [0.5, 0.6) is 0 Å². The van der Waals surface area contributed by atoms with Gasteiger partial charge in [0.1, 0.15) is 0 Å². The normalized spacial score (nSPS) is 15.5. The van der Waals surface area contributed by atoms with Crippen molar-refractivity contribution in [3.05, 3.63) is 88.5 Å². The number of benzene rings is 2. The van der Waals surface area contributed by atoms with Crippen LogP contribution < -0.4 is 10.0 Å². The highest BCUT2D eigenvalue weighted by Crippen LogP contribution is 2.35. The molecular formula is C33H46N2O3S. The molecule has 3 rings (SSSR count). The fraction of sp³-hybridized carbons (Fsp3) is 0.485. The van der Waals surface area contributed by atoms with Crippen molar-refractivity contribution in [3.8, 4) is 0 Å². The molecule has 1 amide bonds. The van der Waals surface area contributed by atoms with E-state index in [1.807, 2.05) is 77.1 Å². The van der Waals surface area contributed by atoms with Crippen molar-refractivity contribution in [2.45, 2.75) is 109 Å². The lowest BCUT2D eigenvalue weighted by Crippen LogP contribution is -2.45. The van der Waals surface area contributed by atoms with Crippen LogP contribution in [0.2, 0.25) is 0 Å². The average molecular weight is 551 g/mol. The molecule has 0 unspecified atom stereocenters. The Hall–Kier alpha value is -2.70. The Labute approximate surface area is 236 Å². The van der Waals surface area contributed by atoms with Gasteiger partial charge in [0.05, 0.1) is 10.9 Å². The van der Waals surface area contributed by atoms with E-state index < -0.39 is 22.1 Å². The van der Waals surface area contributed by atoms with Gasteiger partial charge in [0, 0.05) is 12.5 Å². The van der Waals surface area contributed by atoms with Gasteiger partial charge in [0.2, 0.25) is 15.9 Å². The summed E-state index contributed by atoms with van der Waals surface area (Å²) in [4.78, 5) is 13.4. The van der Waals surface area contributed by atoms with E-state index in [1.165, 1.54) is 5.57 Å². The van der Waals surface area contributed by atoms with Gasteiger partial charge in [0.15, 0.2) is 0 Å². The Morgan fingerprint density at radius 2 is 1.46 bits per heavy atom. The smallest absolute Gasteiger partial charge is 0.241 e. The van der Waals surface area contributed by atoms with Gasteiger partial charge in [-0.3, -0.25) is 4.79 Å². The topological polar surface area (TPSA) is 75.3 Å². The summed E-state index contributed by atoms with van der Waals surface area (Å²) in [6, 6.07) is 12.6. The highest BCUT2D eigenvalue weighted by atomic mass is 32.2. The summed E-state index contributed by atoms with van der Waals surface area (Å²) >= 11 is 0. The van der Waals surface area contributed by atoms with E-state index >= 15 is 0 Å². The zero-order valence-corrected chi connectivity index (χ0v) is 25.4. The molecule has 2 aromatic rings. The minimum atomic E-state index is -3.89. The van der Waals surface area contributed by atoms with Crippen LogP contribution in [0.15, 0.2) is 71.2 Å². The Kier molecular flexibility index (Phi) is 10.7. The van der Waals surface area contributed by atoms with Crippen LogP contribution in [0, 0.1) is 0 Å². The SMILES string of the molecule is CC(C)c1cc(C(C)C)c(S(=O)(=O)N[C@H](C)[C@@H](NC(=O)CCC2=CCC=CC2)c2ccccc2)c(C(C)C)c1. The van der Waals surface area contributed by atoms with Crippen molar-refractivity contribution in [2.75, 3.05) is 0 Å². The minimum absolute atomic E-state index is 0.0386. The van der Waals surface area contributed by atoms with Gasteiger partial charge in [0.25, 0.3) is 0 Å². The van der Waals surface area contributed by atoms with Crippen molar-refractivity contribution >= 4 is 15.9 Å². The standard InChI is InChI=1S/C33H46N2O3S/c1-22(2)28-20-29(23(3)4)33(30(21-28)24(5)6)39(37,38)35-25(7)32(27-16-12-9-13-17-27)34-31(36)19-18-26-14-10-8-11-15-26/h8-10,12-13,15-17,20-25,32,35H,11,14,18-19H2,1-7H3,(H,34,36)/t25-,32-/m1/s1. The van der Waals surface area contributed by atoms with Crippen LogP contribution >= 0.6 is 0 Å². The summed E-state index contributed by atoms with van der Waals surface area (Å²) in [5, 5.41) is 3.13. The van der Waals surface area contributed by atoms with Crippen LogP contribution in [0.3, 0.4) is 0 Å². The first kappa shape index (κ1) is 30.8. The molecule has 2 aromatic carbocycles. The number of amides is 1. The van der Waals surface area contributed by atoms with E-state index in [0.717, 1.165) is 35.1 Å². The maximum atomic E-state index is 14.1. The van der Waals surface area contributed by atoms with E-state index in [9.17, 15) is 13.2 Å². The van der Waals surface area contributed by atoms with Crippen molar-refractivity contribution in [2.24, 2.45) is 0 Å². The Balaban J connectivity index is 1.92. The number of hydrogen-bond acceptors (Lipinski definition) is 3. The number of hydrogen-bond donors (Lipinski definition) is 2. The number of carbonyl (C=O) groups is 1. The van der Waals surface area contributed by atoms with E-state index in [4.69, 9.17) is 0 Å². The molecule has 1 aliphatic carbocycles. The summed E-state index contributed by atoms with van der Waals surface area (Å²) in [5.74, 6) is 0.285. The highest BCUT2D eigenvalue weighted by molar-refractivity contribution is 7.89. The molecule has 0 aromatic heterocycles. The molecule has 39 heavy (non-hydrogen) atoms. The molecule has 0 heterocycles. The summed E-state index contributed by atoms with van der Waals surface area (Å²) in [6.07, 6.45) is 9.33. The monoisotopic (exact) mass is 550 g/mol. The minimum Gasteiger partial charge on any atom is -0.348 e.